The second kappa shape index (κ2) is 6.40. The molecule has 0 fully saturated rings. The quantitative estimate of drug-likeness (QED) is 0.804. The largest absolute Gasteiger partial charge is 0.493 e. The first-order chi connectivity index (χ1) is 9.10. The highest BCUT2D eigenvalue weighted by Gasteiger charge is 2.20. The first kappa shape index (κ1) is 14.4. The lowest BCUT2D eigenvalue weighted by molar-refractivity contribution is -0.119. The molecule has 0 radical (unpaired) electrons. The number of ether oxygens (including phenoxy) is 2. The molecule has 19 heavy (non-hydrogen) atoms. The minimum absolute atomic E-state index is 0.199. The maximum atomic E-state index is 12.1. The highest BCUT2D eigenvalue weighted by molar-refractivity contribution is 6.30. The Morgan fingerprint density at radius 2 is 2.32 bits per heavy atom. The van der Waals surface area contributed by atoms with Gasteiger partial charge in [0.1, 0.15) is 11.5 Å². The summed E-state index contributed by atoms with van der Waals surface area (Å²) >= 11 is 6.08. The molecule has 1 unspecified atom stereocenters. The number of Topliss-reactive ketones (excluding diaryl/α,β-unsaturated/α-hetero) is 1. The molecule has 0 saturated heterocycles. The summed E-state index contributed by atoms with van der Waals surface area (Å²) in [7, 11) is 1.65. The summed E-state index contributed by atoms with van der Waals surface area (Å²) in [5.74, 6) is 1.30. The lowest BCUT2D eigenvalue weighted by Gasteiger charge is -2.11. The molecule has 4 heteroatoms. The van der Waals surface area contributed by atoms with Gasteiger partial charge in [0.25, 0.3) is 0 Å². The molecule has 3 nitrogen and oxygen atoms in total. The molecule has 0 aromatic heterocycles. The Morgan fingerprint density at radius 3 is 3.05 bits per heavy atom. The van der Waals surface area contributed by atoms with E-state index in [4.69, 9.17) is 21.1 Å². The molecule has 1 atom stereocenters. The van der Waals surface area contributed by atoms with Crippen molar-refractivity contribution in [1.29, 1.82) is 0 Å². The van der Waals surface area contributed by atoms with Crippen LogP contribution >= 0.6 is 11.6 Å². The monoisotopic (exact) mass is 282 g/mol. The van der Waals surface area contributed by atoms with Crippen molar-refractivity contribution in [3.8, 4) is 5.75 Å². The maximum absolute atomic E-state index is 12.1. The summed E-state index contributed by atoms with van der Waals surface area (Å²) in [5, 5.41) is 0.678. The molecule has 0 amide bonds. The molecule has 2 rings (SSSR count). The van der Waals surface area contributed by atoms with Crippen molar-refractivity contribution in [1.82, 2.24) is 0 Å². The molecule has 0 N–H and O–H groups in total. The van der Waals surface area contributed by atoms with Crippen LogP contribution in [-0.2, 0) is 22.4 Å². The zero-order valence-corrected chi connectivity index (χ0v) is 12.1. The van der Waals surface area contributed by atoms with Crippen molar-refractivity contribution in [3.63, 3.8) is 0 Å². The van der Waals surface area contributed by atoms with Crippen LogP contribution in [0.5, 0.6) is 5.75 Å². The van der Waals surface area contributed by atoms with E-state index in [-0.39, 0.29) is 11.7 Å². The van der Waals surface area contributed by atoms with Crippen LogP contribution in [0.15, 0.2) is 12.1 Å². The summed E-state index contributed by atoms with van der Waals surface area (Å²) in [5.41, 5.74) is 2.02. The van der Waals surface area contributed by atoms with Crippen LogP contribution in [0.4, 0.5) is 0 Å². The van der Waals surface area contributed by atoms with Crippen molar-refractivity contribution in [2.45, 2.75) is 26.2 Å². The SMILES string of the molecule is COCC(C)CC(=O)Cc1cc(Cl)cc2c1OCC2. The highest BCUT2D eigenvalue weighted by atomic mass is 35.5. The maximum Gasteiger partial charge on any atom is 0.137 e. The van der Waals surface area contributed by atoms with E-state index in [9.17, 15) is 4.79 Å². The number of methoxy groups -OCH3 is 1. The molecule has 1 heterocycles. The van der Waals surface area contributed by atoms with Crippen molar-refractivity contribution >= 4 is 17.4 Å². The lowest BCUT2D eigenvalue weighted by Crippen LogP contribution is -2.12. The van der Waals surface area contributed by atoms with Gasteiger partial charge in [-0.2, -0.15) is 0 Å². The van der Waals surface area contributed by atoms with Gasteiger partial charge >= 0.3 is 0 Å². The molecular weight excluding hydrogens is 264 g/mol. The third-order valence-corrected chi connectivity index (χ3v) is 3.46. The van der Waals surface area contributed by atoms with Crippen LogP contribution in [0.3, 0.4) is 0 Å². The molecular formula is C15H19ClO3. The summed E-state index contributed by atoms with van der Waals surface area (Å²) < 4.78 is 10.7. The fourth-order valence-electron chi connectivity index (χ4n) is 2.49. The molecule has 1 aromatic carbocycles. The normalized spacial score (nSPS) is 14.9. The van der Waals surface area contributed by atoms with E-state index in [1.807, 2.05) is 19.1 Å². The molecule has 1 aromatic rings. The Labute approximate surface area is 118 Å². The fraction of sp³-hybridized carbons (Fsp3) is 0.533. The molecule has 0 bridgehead atoms. The molecule has 1 aliphatic rings. The van der Waals surface area contributed by atoms with E-state index in [2.05, 4.69) is 0 Å². The Bertz CT molecular complexity index is 471. The predicted octanol–water partition coefficient (Wildman–Crippen LogP) is 3.06. The van der Waals surface area contributed by atoms with Gasteiger partial charge in [-0.15, -0.1) is 0 Å². The van der Waals surface area contributed by atoms with E-state index in [1.165, 1.54) is 0 Å². The number of carbonyl (C=O) groups is 1. The number of hydrogen-bond donors (Lipinski definition) is 0. The van der Waals surface area contributed by atoms with E-state index < -0.39 is 0 Å². The average Bonchev–Trinajstić information content (AvgIpc) is 2.76. The van der Waals surface area contributed by atoms with Gasteiger partial charge in [0.2, 0.25) is 0 Å². The van der Waals surface area contributed by atoms with Gasteiger partial charge in [-0.25, -0.2) is 0 Å². The van der Waals surface area contributed by atoms with Gasteiger partial charge in [-0.3, -0.25) is 4.79 Å². The molecule has 1 aliphatic heterocycles. The van der Waals surface area contributed by atoms with Gasteiger partial charge in [0, 0.05) is 43.6 Å². The summed E-state index contributed by atoms with van der Waals surface area (Å²) in [4.78, 5) is 12.1. The van der Waals surface area contributed by atoms with E-state index >= 15 is 0 Å². The van der Waals surface area contributed by atoms with Gasteiger partial charge < -0.3 is 9.47 Å². The van der Waals surface area contributed by atoms with E-state index in [1.54, 1.807) is 7.11 Å². The summed E-state index contributed by atoms with van der Waals surface area (Å²) in [6, 6.07) is 3.76. The summed E-state index contributed by atoms with van der Waals surface area (Å²) in [6.45, 7) is 3.30. The topological polar surface area (TPSA) is 35.5 Å². The van der Waals surface area contributed by atoms with Crippen molar-refractivity contribution in [2.24, 2.45) is 5.92 Å². The second-order valence-corrected chi connectivity index (χ2v) is 5.57. The van der Waals surface area contributed by atoms with Crippen molar-refractivity contribution < 1.29 is 14.3 Å². The Hall–Kier alpha value is -1.06. The zero-order valence-electron chi connectivity index (χ0n) is 11.4. The minimum Gasteiger partial charge on any atom is -0.493 e. The van der Waals surface area contributed by atoms with Crippen LogP contribution < -0.4 is 4.74 Å². The van der Waals surface area contributed by atoms with Crippen LogP contribution in [0.1, 0.15) is 24.5 Å². The number of ketones is 1. The number of halogens is 1. The molecule has 0 aliphatic carbocycles. The Morgan fingerprint density at radius 1 is 1.53 bits per heavy atom. The lowest BCUT2D eigenvalue weighted by atomic mass is 9.98. The molecule has 0 saturated carbocycles. The third kappa shape index (κ3) is 3.71. The van der Waals surface area contributed by atoms with E-state index in [0.717, 1.165) is 23.3 Å². The van der Waals surface area contributed by atoms with Crippen LogP contribution in [0, 0.1) is 5.92 Å². The number of rotatable bonds is 6. The summed E-state index contributed by atoms with van der Waals surface area (Å²) in [6.07, 6.45) is 1.78. The van der Waals surface area contributed by atoms with Crippen molar-refractivity contribution in [2.75, 3.05) is 20.3 Å². The smallest absolute Gasteiger partial charge is 0.137 e. The van der Waals surface area contributed by atoms with Crippen LogP contribution in [0.25, 0.3) is 0 Å². The number of hydrogen-bond acceptors (Lipinski definition) is 3. The molecule has 104 valence electrons. The fourth-order valence-corrected chi connectivity index (χ4v) is 2.76. The third-order valence-electron chi connectivity index (χ3n) is 3.24. The molecule has 0 spiro atoms. The average molecular weight is 283 g/mol. The van der Waals surface area contributed by atoms with Crippen LogP contribution in [-0.4, -0.2) is 26.1 Å². The second-order valence-electron chi connectivity index (χ2n) is 5.13. The first-order valence-corrected chi connectivity index (χ1v) is 6.92. The van der Waals surface area contributed by atoms with Gasteiger partial charge in [0.15, 0.2) is 0 Å². The Kier molecular flexibility index (Phi) is 4.83. The number of fused-ring (bicyclic) bond motifs is 1. The highest BCUT2D eigenvalue weighted by Crippen LogP contribution is 2.33. The van der Waals surface area contributed by atoms with Gasteiger partial charge in [-0.05, 0) is 23.6 Å². The van der Waals surface area contributed by atoms with Gasteiger partial charge in [-0.1, -0.05) is 18.5 Å². The van der Waals surface area contributed by atoms with Crippen molar-refractivity contribution in [3.05, 3.63) is 28.3 Å². The van der Waals surface area contributed by atoms with E-state index in [0.29, 0.717) is 31.1 Å². The van der Waals surface area contributed by atoms with Gasteiger partial charge in [0.05, 0.1) is 6.61 Å². The van der Waals surface area contributed by atoms with Crippen LogP contribution in [0.2, 0.25) is 5.02 Å². The zero-order chi connectivity index (χ0) is 13.8. The number of carbonyl (C=O) groups excluding carboxylic acids is 1. The Balaban J connectivity index is 2.05. The predicted molar refractivity (Wildman–Crippen MR) is 75.0 cm³/mol. The number of benzene rings is 1. The first-order valence-electron chi connectivity index (χ1n) is 6.55. The standard InChI is InChI=1S/C15H19ClO3/c1-10(9-18-2)5-14(17)8-12-7-13(16)6-11-3-4-19-15(11)12/h6-7,10H,3-5,8-9H2,1-2H3. The minimum atomic E-state index is 0.199.